The van der Waals surface area contributed by atoms with Gasteiger partial charge in [0.1, 0.15) is 11.9 Å². The Morgan fingerprint density at radius 3 is 2.54 bits per heavy atom. The molecule has 0 amide bonds. The summed E-state index contributed by atoms with van der Waals surface area (Å²) in [6.45, 7) is 9.19. The number of carbonyl (C=O) groups is 2. The summed E-state index contributed by atoms with van der Waals surface area (Å²) in [5, 5.41) is 0. The highest BCUT2D eigenvalue weighted by atomic mass is 16.5. The Labute approximate surface area is 158 Å². The summed E-state index contributed by atoms with van der Waals surface area (Å²) in [5.41, 5.74) is 0.509. The molecule has 4 rings (SSSR count). The minimum Gasteiger partial charge on any atom is -0.462 e. The Hall–Kier alpha value is -0.860. The van der Waals surface area contributed by atoms with E-state index in [9.17, 15) is 9.59 Å². The van der Waals surface area contributed by atoms with Gasteiger partial charge in [-0.2, -0.15) is 0 Å². The topological polar surface area (TPSA) is 43.4 Å². The van der Waals surface area contributed by atoms with Gasteiger partial charge in [-0.3, -0.25) is 9.59 Å². The van der Waals surface area contributed by atoms with E-state index in [1.54, 1.807) is 0 Å². The standard InChI is InChI=1S/C23H36O3/c1-5-21(25)26-20-7-6-17-16-12-14(2)19-13-15(24)8-10-22(19,3)18(16)9-11-23(17,20)4/h14,16-20H,5-13H2,1-4H3. The Bertz CT molecular complexity index is 598. The molecule has 4 aliphatic rings. The fraction of sp³-hybridized carbons (Fsp3) is 0.913. The smallest absolute Gasteiger partial charge is 0.305 e. The molecule has 0 bridgehead atoms. The van der Waals surface area contributed by atoms with Crippen LogP contribution in [0.1, 0.15) is 85.5 Å². The maximum Gasteiger partial charge on any atom is 0.305 e. The van der Waals surface area contributed by atoms with Gasteiger partial charge in [-0.25, -0.2) is 0 Å². The van der Waals surface area contributed by atoms with E-state index in [0.717, 1.165) is 37.5 Å². The second kappa shape index (κ2) is 6.34. The number of fused-ring (bicyclic) bond motifs is 5. The zero-order valence-electron chi connectivity index (χ0n) is 17.1. The molecule has 146 valence electrons. The molecule has 3 heteroatoms. The lowest BCUT2D eigenvalue weighted by Gasteiger charge is -2.61. The van der Waals surface area contributed by atoms with Crippen LogP contribution < -0.4 is 0 Å². The number of ether oxygens (including phenoxy) is 1. The van der Waals surface area contributed by atoms with E-state index < -0.39 is 0 Å². The molecule has 0 aromatic rings. The van der Waals surface area contributed by atoms with Gasteiger partial charge in [0.05, 0.1) is 0 Å². The Kier molecular flexibility index (Phi) is 4.51. The monoisotopic (exact) mass is 360 g/mol. The molecule has 8 unspecified atom stereocenters. The molecule has 0 aromatic heterocycles. The van der Waals surface area contributed by atoms with Crippen LogP contribution >= 0.6 is 0 Å². The summed E-state index contributed by atoms with van der Waals surface area (Å²) >= 11 is 0. The molecule has 0 N–H and O–H groups in total. The van der Waals surface area contributed by atoms with Gasteiger partial charge in [0.15, 0.2) is 0 Å². The van der Waals surface area contributed by atoms with Crippen LogP contribution in [0, 0.1) is 40.4 Å². The van der Waals surface area contributed by atoms with Crippen molar-refractivity contribution in [2.24, 2.45) is 40.4 Å². The van der Waals surface area contributed by atoms with Crippen LogP contribution in [-0.2, 0) is 14.3 Å². The third-order valence-corrected chi connectivity index (χ3v) is 9.33. The second-order valence-corrected chi connectivity index (χ2v) is 10.4. The lowest BCUT2D eigenvalue weighted by atomic mass is 9.43. The van der Waals surface area contributed by atoms with Crippen molar-refractivity contribution in [1.29, 1.82) is 0 Å². The zero-order valence-corrected chi connectivity index (χ0v) is 17.1. The van der Waals surface area contributed by atoms with Crippen molar-refractivity contribution in [1.82, 2.24) is 0 Å². The fourth-order valence-electron chi connectivity index (χ4n) is 7.90. The van der Waals surface area contributed by atoms with Gasteiger partial charge in [0.25, 0.3) is 0 Å². The first kappa shape index (κ1) is 18.5. The number of hydrogen-bond donors (Lipinski definition) is 0. The predicted molar refractivity (Wildman–Crippen MR) is 101 cm³/mol. The summed E-state index contributed by atoms with van der Waals surface area (Å²) in [4.78, 5) is 24.1. The number of Topliss-reactive ketones (excluding diaryl/α,β-unsaturated/α-hetero) is 1. The number of ketones is 1. The molecule has 0 aromatic carbocycles. The van der Waals surface area contributed by atoms with Crippen molar-refractivity contribution in [2.75, 3.05) is 0 Å². The molecule has 26 heavy (non-hydrogen) atoms. The minimum absolute atomic E-state index is 0.0335. The highest BCUT2D eigenvalue weighted by Crippen LogP contribution is 2.67. The number of hydrogen-bond acceptors (Lipinski definition) is 3. The largest absolute Gasteiger partial charge is 0.462 e. The van der Waals surface area contributed by atoms with E-state index in [1.165, 1.54) is 25.7 Å². The molecule has 4 saturated carbocycles. The molecular weight excluding hydrogens is 324 g/mol. The maximum atomic E-state index is 12.1. The number of rotatable bonds is 2. The van der Waals surface area contributed by atoms with Crippen LogP contribution in [0.2, 0.25) is 0 Å². The van der Waals surface area contributed by atoms with Gasteiger partial charge in [-0.15, -0.1) is 0 Å². The predicted octanol–water partition coefficient (Wildman–Crippen LogP) is 5.17. The Balaban J connectivity index is 1.59. The molecule has 8 atom stereocenters. The van der Waals surface area contributed by atoms with Crippen LogP contribution in [0.5, 0.6) is 0 Å². The molecule has 0 aliphatic heterocycles. The summed E-state index contributed by atoms with van der Waals surface area (Å²) in [5.74, 6) is 3.89. The van der Waals surface area contributed by atoms with Gasteiger partial charge in [-0.05, 0) is 73.5 Å². The van der Waals surface area contributed by atoms with Crippen molar-refractivity contribution in [3.8, 4) is 0 Å². The van der Waals surface area contributed by atoms with Gasteiger partial charge < -0.3 is 4.74 Å². The highest BCUT2D eigenvalue weighted by molar-refractivity contribution is 5.79. The SMILES string of the molecule is CCC(=O)OC1CCC2C3CC(C)C4CC(=O)CCC4(C)C3CCC12C. The van der Waals surface area contributed by atoms with Crippen LogP contribution in [0.3, 0.4) is 0 Å². The summed E-state index contributed by atoms with van der Waals surface area (Å²) in [7, 11) is 0. The lowest BCUT2D eigenvalue weighted by Crippen LogP contribution is -2.56. The van der Waals surface area contributed by atoms with Crippen LogP contribution in [-0.4, -0.2) is 17.9 Å². The molecule has 0 radical (unpaired) electrons. The third-order valence-electron chi connectivity index (χ3n) is 9.33. The number of esters is 1. The highest BCUT2D eigenvalue weighted by Gasteiger charge is 2.62. The first-order chi connectivity index (χ1) is 12.3. The van der Waals surface area contributed by atoms with Crippen LogP contribution in [0.4, 0.5) is 0 Å². The summed E-state index contributed by atoms with van der Waals surface area (Å²) in [6, 6.07) is 0. The molecule has 3 nitrogen and oxygen atoms in total. The van der Waals surface area contributed by atoms with Crippen LogP contribution in [0.15, 0.2) is 0 Å². The van der Waals surface area contributed by atoms with E-state index in [-0.39, 0.29) is 17.5 Å². The Morgan fingerprint density at radius 2 is 1.81 bits per heavy atom. The maximum absolute atomic E-state index is 12.1. The summed E-state index contributed by atoms with van der Waals surface area (Å²) in [6.07, 6.45) is 9.28. The Morgan fingerprint density at radius 1 is 1.08 bits per heavy atom. The quantitative estimate of drug-likeness (QED) is 0.638. The van der Waals surface area contributed by atoms with Crippen molar-refractivity contribution in [2.45, 2.75) is 91.6 Å². The van der Waals surface area contributed by atoms with Crippen LogP contribution in [0.25, 0.3) is 0 Å². The van der Waals surface area contributed by atoms with Crippen molar-refractivity contribution < 1.29 is 14.3 Å². The molecular formula is C23H36O3. The van der Waals surface area contributed by atoms with Crippen molar-refractivity contribution >= 4 is 11.8 Å². The van der Waals surface area contributed by atoms with Crippen molar-refractivity contribution in [3.63, 3.8) is 0 Å². The zero-order chi connectivity index (χ0) is 18.7. The minimum atomic E-state index is -0.0335. The normalized spacial score (nSPS) is 50.5. The van der Waals surface area contributed by atoms with E-state index in [0.29, 0.717) is 35.4 Å². The molecule has 4 aliphatic carbocycles. The average Bonchev–Trinajstić information content (AvgIpc) is 2.93. The third kappa shape index (κ3) is 2.59. The van der Waals surface area contributed by atoms with Gasteiger partial charge in [-0.1, -0.05) is 27.7 Å². The molecule has 0 heterocycles. The van der Waals surface area contributed by atoms with E-state index in [1.807, 2.05) is 6.92 Å². The van der Waals surface area contributed by atoms with E-state index in [4.69, 9.17) is 4.74 Å². The van der Waals surface area contributed by atoms with Gasteiger partial charge in [0.2, 0.25) is 0 Å². The van der Waals surface area contributed by atoms with Gasteiger partial charge in [0, 0.05) is 24.7 Å². The second-order valence-electron chi connectivity index (χ2n) is 10.4. The summed E-state index contributed by atoms with van der Waals surface area (Å²) < 4.78 is 5.90. The van der Waals surface area contributed by atoms with E-state index >= 15 is 0 Å². The lowest BCUT2D eigenvalue weighted by molar-refractivity contribution is -0.168. The molecule has 0 spiro atoms. The molecule has 4 fully saturated rings. The van der Waals surface area contributed by atoms with Gasteiger partial charge >= 0.3 is 5.97 Å². The molecule has 0 saturated heterocycles. The first-order valence-electron chi connectivity index (χ1n) is 11.0. The average molecular weight is 361 g/mol. The van der Waals surface area contributed by atoms with Crippen molar-refractivity contribution in [3.05, 3.63) is 0 Å². The number of carbonyl (C=O) groups excluding carboxylic acids is 2. The first-order valence-corrected chi connectivity index (χ1v) is 11.0. The fourth-order valence-corrected chi connectivity index (χ4v) is 7.90. The van der Waals surface area contributed by atoms with E-state index in [2.05, 4.69) is 20.8 Å².